The third-order valence-electron chi connectivity index (χ3n) is 5.19. The van der Waals surface area contributed by atoms with Crippen molar-refractivity contribution >= 4 is 16.9 Å². The lowest BCUT2D eigenvalue weighted by molar-refractivity contribution is -0.116. The Kier molecular flexibility index (Phi) is 6.26. The van der Waals surface area contributed by atoms with Gasteiger partial charge in [0.2, 0.25) is 5.91 Å². The van der Waals surface area contributed by atoms with Crippen LogP contribution in [0.3, 0.4) is 0 Å². The van der Waals surface area contributed by atoms with Gasteiger partial charge in [0.05, 0.1) is 11.0 Å². The number of rotatable bonds is 7. The van der Waals surface area contributed by atoms with E-state index in [1.807, 2.05) is 13.0 Å². The summed E-state index contributed by atoms with van der Waals surface area (Å²) in [5, 5.41) is 2.93. The van der Waals surface area contributed by atoms with Crippen LogP contribution in [0.2, 0.25) is 0 Å². The molecule has 1 fully saturated rings. The van der Waals surface area contributed by atoms with Crippen LogP contribution >= 0.6 is 0 Å². The number of nitrogens with one attached hydrogen (secondary N) is 1. The summed E-state index contributed by atoms with van der Waals surface area (Å²) in [7, 11) is 0. The highest BCUT2D eigenvalue weighted by Gasteiger charge is 2.16. The quantitative estimate of drug-likeness (QED) is 0.767. The average molecular weight is 339 g/mol. The van der Waals surface area contributed by atoms with Gasteiger partial charge < -0.3 is 9.88 Å². The highest BCUT2D eigenvalue weighted by Crippen LogP contribution is 2.27. The maximum Gasteiger partial charge on any atom is 0.243 e. The Balaban J connectivity index is 1.69. The van der Waals surface area contributed by atoms with Gasteiger partial charge in [-0.3, -0.25) is 4.79 Å². The van der Waals surface area contributed by atoms with Crippen molar-refractivity contribution in [2.45, 2.75) is 58.4 Å². The molecule has 1 amide bonds. The van der Waals surface area contributed by atoms with Crippen LogP contribution in [-0.2, 0) is 17.8 Å². The average Bonchev–Trinajstić information content (AvgIpc) is 2.98. The molecular formula is C21H29N3O. The molecular weight excluding hydrogens is 310 g/mol. The largest absolute Gasteiger partial charge is 0.352 e. The van der Waals surface area contributed by atoms with Crippen molar-refractivity contribution in [3.8, 4) is 0 Å². The van der Waals surface area contributed by atoms with Crippen LogP contribution < -0.4 is 5.32 Å². The molecule has 0 saturated heterocycles. The Morgan fingerprint density at radius 2 is 2.08 bits per heavy atom. The Hall–Kier alpha value is -2.10. The zero-order chi connectivity index (χ0) is 17.5. The van der Waals surface area contributed by atoms with Crippen LogP contribution in [0.25, 0.3) is 11.0 Å². The molecule has 3 rings (SSSR count). The van der Waals surface area contributed by atoms with Crippen LogP contribution in [0.5, 0.6) is 0 Å². The molecule has 1 aliphatic carbocycles. The number of benzene rings is 1. The monoisotopic (exact) mass is 339 g/mol. The van der Waals surface area contributed by atoms with E-state index in [4.69, 9.17) is 4.98 Å². The van der Waals surface area contributed by atoms with Crippen LogP contribution in [0, 0.1) is 5.92 Å². The second kappa shape index (κ2) is 8.84. The fourth-order valence-corrected chi connectivity index (χ4v) is 3.86. The number of nitrogens with zero attached hydrogens (tertiary/aromatic N) is 2. The topological polar surface area (TPSA) is 46.9 Å². The van der Waals surface area contributed by atoms with E-state index in [0.717, 1.165) is 30.2 Å². The number of allylic oxidation sites excluding steroid dienone is 1. The zero-order valence-electron chi connectivity index (χ0n) is 15.2. The van der Waals surface area contributed by atoms with E-state index >= 15 is 0 Å². The smallest absolute Gasteiger partial charge is 0.243 e. The summed E-state index contributed by atoms with van der Waals surface area (Å²) >= 11 is 0. The molecule has 0 atom stereocenters. The molecule has 1 saturated carbocycles. The van der Waals surface area contributed by atoms with Gasteiger partial charge in [-0.15, -0.1) is 0 Å². The highest BCUT2D eigenvalue weighted by atomic mass is 16.1. The molecule has 0 unspecified atom stereocenters. The third kappa shape index (κ3) is 4.71. The predicted molar refractivity (Wildman–Crippen MR) is 102 cm³/mol. The molecule has 1 aromatic heterocycles. The van der Waals surface area contributed by atoms with Crippen molar-refractivity contribution in [1.29, 1.82) is 0 Å². The minimum absolute atomic E-state index is 0.0348. The second-order valence-corrected chi connectivity index (χ2v) is 7.00. The van der Waals surface area contributed by atoms with Gasteiger partial charge in [-0.1, -0.05) is 50.3 Å². The maximum absolute atomic E-state index is 11.6. The molecule has 2 aromatic rings. The lowest BCUT2D eigenvalue weighted by atomic mass is 9.87. The SMILES string of the molecule is C/C=C/C(=O)NCCc1nc2ccccc2n1CCC1CCCCC1. The van der Waals surface area contributed by atoms with Gasteiger partial charge >= 0.3 is 0 Å². The first-order valence-electron chi connectivity index (χ1n) is 9.62. The van der Waals surface area contributed by atoms with Crippen LogP contribution in [-0.4, -0.2) is 22.0 Å². The molecule has 0 bridgehead atoms. The summed E-state index contributed by atoms with van der Waals surface area (Å²) in [6.45, 7) is 3.50. The summed E-state index contributed by atoms with van der Waals surface area (Å²) in [6.07, 6.45) is 12.3. The number of fused-ring (bicyclic) bond motifs is 1. The van der Waals surface area contributed by atoms with Crippen LogP contribution in [0.15, 0.2) is 36.4 Å². The highest BCUT2D eigenvalue weighted by molar-refractivity contribution is 5.87. The van der Waals surface area contributed by atoms with Crippen molar-refractivity contribution in [3.05, 3.63) is 42.2 Å². The van der Waals surface area contributed by atoms with E-state index in [2.05, 4.69) is 28.1 Å². The van der Waals surface area contributed by atoms with Crippen molar-refractivity contribution in [1.82, 2.24) is 14.9 Å². The number of para-hydroxylation sites is 2. The van der Waals surface area contributed by atoms with Crippen LogP contribution in [0.4, 0.5) is 0 Å². The first kappa shape index (κ1) is 17.7. The standard InChI is InChI=1S/C21H29N3O/c1-2-8-21(25)22-15-13-20-23-18-11-6-7-12-19(18)24(20)16-14-17-9-4-3-5-10-17/h2,6-8,11-12,17H,3-5,9-10,13-16H2,1H3,(H,22,25)/b8-2+. The van der Waals surface area contributed by atoms with E-state index in [1.165, 1.54) is 44.0 Å². The minimum Gasteiger partial charge on any atom is -0.352 e. The van der Waals surface area contributed by atoms with E-state index < -0.39 is 0 Å². The van der Waals surface area contributed by atoms with Gasteiger partial charge in [-0.05, 0) is 37.5 Å². The number of aryl methyl sites for hydroxylation is 1. The van der Waals surface area contributed by atoms with E-state index in [9.17, 15) is 4.79 Å². The molecule has 0 aliphatic heterocycles. The van der Waals surface area contributed by atoms with Crippen molar-refractivity contribution in [3.63, 3.8) is 0 Å². The number of hydrogen-bond acceptors (Lipinski definition) is 2. The molecule has 25 heavy (non-hydrogen) atoms. The summed E-state index contributed by atoms with van der Waals surface area (Å²) in [6, 6.07) is 8.36. The fourth-order valence-electron chi connectivity index (χ4n) is 3.86. The molecule has 0 spiro atoms. The normalized spacial score (nSPS) is 15.9. The number of imidazole rings is 1. The Morgan fingerprint density at radius 1 is 1.28 bits per heavy atom. The van der Waals surface area contributed by atoms with E-state index in [0.29, 0.717) is 6.54 Å². The number of hydrogen-bond donors (Lipinski definition) is 1. The Morgan fingerprint density at radius 3 is 2.88 bits per heavy atom. The Labute approximate surface area is 150 Å². The lowest BCUT2D eigenvalue weighted by Gasteiger charge is -2.22. The van der Waals surface area contributed by atoms with Crippen molar-refractivity contribution in [2.75, 3.05) is 6.54 Å². The minimum atomic E-state index is -0.0348. The molecule has 1 aromatic carbocycles. The predicted octanol–water partition coefficient (Wildman–Crippen LogP) is 4.24. The van der Waals surface area contributed by atoms with Crippen LogP contribution in [0.1, 0.15) is 51.3 Å². The summed E-state index contributed by atoms with van der Waals surface area (Å²) in [5.74, 6) is 1.90. The van der Waals surface area contributed by atoms with E-state index in [-0.39, 0.29) is 5.91 Å². The van der Waals surface area contributed by atoms with Gasteiger partial charge in [0.15, 0.2) is 0 Å². The first-order valence-corrected chi connectivity index (χ1v) is 9.62. The zero-order valence-corrected chi connectivity index (χ0v) is 15.2. The summed E-state index contributed by atoms with van der Waals surface area (Å²) in [4.78, 5) is 16.4. The molecule has 1 N–H and O–H groups in total. The Bertz CT molecular complexity index is 726. The summed E-state index contributed by atoms with van der Waals surface area (Å²) < 4.78 is 2.37. The number of amides is 1. The number of carbonyl (C=O) groups is 1. The van der Waals surface area contributed by atoms with Gasteiger partial charge in [-0.2, -0.15) is 0 Å². The van der Waals surface area contributed by atoms with Gasteiger partial charge in [0.25, 0.3) is 0 Å². The molecule has 134 valence electrons. The molecule has 1 aliphatic rings. The van der Waals surface area contributed by atoms with E-state index in [1.54, 1.807) is 12.2 Å². The van der Waals surface area contributed by atoms with Gasteiger partial charge in [0.1, 0.15) is 5.82 Å². The number of carbonyl (C=O) groups excluding carboxylic acids is 1. The van der Waals surface area contributed by atoms with Gasteiger partial charge in [0, 0.05) is 19.5 Å². The number of aromatic nitrogens is 2. The van der Waals surface area contributed by atoms with Crippen molar-refractivity contribution < 1.29 is 4.79 Å². The molecule has 0 radical (unpaired) electrons. The lowest BCUT2D eigenvalue weighted by Crippen LogP contribution is -2.24. The first-order chi connectivity index (χ1) is 12.3. The van der Waals surface area contributed by atoms with Gasteiger partial charge in [-0.25, -0.2) is 4.98 Å². The second-order valence-electron chi connectivity index (χ2n) is 7.00. The molecule has 1 heterocycles. The third-order valence-corrected chi connectivity index (χ3v) is 5.19. The maximum atomic E-state index is 11.6. The molecule has 4 heteroatoms. The molecule has 4 nitrogen and oxygen atoms in total. The van der Waals surface area contributed by atoms with Crippen molar-refractivity contribution in [2.24, 2.45) is 5.92 Å². The fraction of sp³-hybridized carbons (Fsp3) is 0.524. The summed E-state index contributed by atoms with van der Waals surface area (Å²) in [5.41, 5.74) is 2.27.